The molecule has 4 nitrogen and oxygen atoms in total. The molecule has 1 fully saturated rings. The standard InChI is InChI=1S/C16H27N3O/c1-2-7-14-12-15(19-18-14)17-16(20)11-6-10-13-8-4-3-5-9-13/h12-13H,2-11H2,1H3,(H2,17,18,19,20). The van der Waals surface area contributed by atoms with Gasteiger partial charge in [-0.05, 0) is 25.2 Å². The maximum absolute atomic E-state index is 11.9. The van der Waals surface area contributed by atoms with Gasteiger partial charge in [0.15, 0.2) is 5.82 Å². The van der Waals surface area contributed by atoms with Crippen LogP contribution in [0.1, 0.15) is 70.4 Å². The lowest BCUT2D eigenvalue weighted by Gasteiger charge is -2.20. The van der Waals surface area contributed by atoms with E-state index in [1.807, 2.05) is 6.07 Å². The number of anilines is 1. The Morgan fingerprint density at radius 3 is 2.95 bits per heavy atom. The summed E-state index contributed by atoms with van der Waals surface area (Å²) in [6.07, 6.45) is 11.8. The van der Waals surface area contributed by atoms with E-state index in [0.29, 0.717) is 12.2 Å². The minimum Gasteiger partial charge on any atom is -0.309 e. The molecule has 1 aromatic rings. The fraction of sp³-hybridized carbons (Fsp3) is 0.750. The van der Waals surface area contributed by atoms with E-state index in [1.54, 1.807) is 0 Å². The average molecular weight is 277 g/mol. The molecule has 1 aromatic heterocycles. The molecule has 1 aliphatic carbocycles. The Hall–Kier alpha value is -1.32. The van der Waals surface area contributed by atoms with Crippen LogP contribution in [0.5, 0.6) is 0 Å². The lowest BCUT2D eigenvalue weighted by Crippen LogP contribution is -2.13. The van der Waals surface area contributed by atoms with E-state index in [-0.39, 0.29) is 5.91 Å². The Labute approximate surface area is 121 Å². The number of hydrogen-bond acceptors (Lipinski definition) is 2. The number of nitrogens with one attached hydrogen (secondary N) is 2. The fourth-order valence-electron chi connectivity index (χ4n) is 3.06. The predicted octanol–water partition coefficient (Wildman–Crippen LogP) is 4.05. The van der Waals surface area contributed by atoms with Gasteiger partial charge in [-0.2, -0.15) is 5.10 Å². The first kappa shape index (κ1) is 15.1. The second-order valence-electron chi connectivity index (χ2n) is 5.97. The second kappa shape index (κ2) is 8.08. The number of H-pyrrole nitrogens is 1. The van der Waals surface area contributed by atoms with Crippen molar-refractivity contribution >= 4 is 11.7 Å². The Morgan fingerprint density at radius 2 is 2.20 bits per heavy atom. The summed E-state index contributed by atoms with van der Waals surface area (Å²) in [4.78, 5) is 11.9. The molecule has 0 radical (unpaired) electrons. The number of aromatic nitrogens is 2. The molecule has 112 valence electrons. The van der Waals surface area contributed by atoms with E-state index in [1.165, 1.54) is 38.5 Å². The normalized spacial score (nSPS) is 16.2. The van der Waals surface area contributed by atoms with Gasteiger partial charge in [-0.3, -0.25) is 9.89 Å². The van der Waals surface area contributed by atoms with E-state index < -0.39 is 0 Å². The van der Waals surface area contributed by atoms with Crippen molar-refractivity contribution in [2.45, 2.75) is 71.1 Å². The molecule has 1 saturated carbocycles. The van der Waals surface area contributed by atoms with Crippen LogP contribution in [-0.4, -0.2) is 16.1 Å². The van der Waals surface area contributed by atoms with Crippen molar-refractivity contribution in [1.82, 2.24) is 10.2 Å². The van der Waals surface area contributed by atoms with E-state index in [9.17, 15) is 4.79 Å². The molecule has 0 aliphatic heterocycles. The molecule has 20 heavy (non-hydrogen) atoms. The fourth-order valence-corrected chi connectivity index (χ4v) is 3.06. The molecule has 2 rings (SSSR count). The summed E-state index contributed by atoms with van der Waals surface area (Å²) in [5, 5.41) is 9.95. The van der Waals surface area contributed by atoms with Crippen molar-refractivity contribution in [3.63, 3.8) is 0 Å². The van der Waals surface area contributed by atoms with Crippen LogP contribution in [0, 0.1) is 5.92 Å². The summed E-state index contributed by atoms with van der Waals surface area (Å²) in [6, 6.07) is 1.93. The van der Waals surface area contributed by atoms with E-state index in [4.69, 9.17) is 0 Å². The highest BCUT2D eigenvalue weighted by molar-refractivity contribution is 5.89. The molecule has 2 N–H and O–H groups in total. The highest BCUT2D eigenvalue weighted by atomic mass is 16.1. The van der Waals surface area contributed by atoms with Crippen molar-refractivity contribution in [2.75, 3.05) is 5.32 Å². The van der Waals surface area contributed by atoms with Crippen molar-refractivity contribution in [1.29, 1.82) is 0 Å². The molecular formula is C16H27N3O. The highest BCUT2D eigenvalue weighted by Crippen LogP contribution is 2.27. The van der Waals surface area contributed by atoms with Crippen molar-refractivity contribution < 1.29 is 4.79 Å². The van der Waals surface area contributed by atoms with Crippen molar-refractivity contribution in [3.05, 3.63) is 11.8 Å². The zero-order valence-corrected chi connectivity index (χ0v) is 12.6. The van der Waals surface area contributed by atoms with E-state index in [0.717, 1.165) is 30.9 Å². The van der Waals surface area contributed by atoms with E-state index >= 15 is 0 Å². The Bertz CT molecular complexity index is 408. The van der Waals surface area contributed by atoms with Gasteiger partial charge in [0.05, 0.1) is 0 Å². The molecule has 4 heteroatoms. The van der Waals surface area contributed by atoms with Gasteiger partial charge in [-0.15, -0.1) is 0 Å². The Kier molecular flexibility index (Phi) is 6.09. The molecule has 0 aromatic carbocycles. The molecule has 0 unspecified atom stereocenters. The quantitative estimate of drug-likeness (QED) is 0.790. The van der Waals surface area contributed by atoms with Crippen LogP contribution in [0.2, 0.25) is 0 Å². The lowest BCUT2D eigenvalue weighted by molar-refractivity contribution is -0.116. The first-order chi connectivity index (χ1) is 9.78. The number of hydrogen-bond donors (Lipinski definition) is 2. The van der Waals surface area contributed by atoms with Gasteiger partial charge < -0.3 is 5.32 Å². The monoisotopic (exact) mass is 277 g/mol. The number of carbonyl (C=O) groups is 1. The third-order valence-corrected chi connectivity index (χ3v) is 4.16. The largest absolute Gasteiger partial charge is 0.309 e. The summed E-state index contributed by atoms with van der Waals surface area (Å²) in [5.74, 6) is 1.62. The molecule has 0 spiro atoms. The number of rotatable bonds is 7. The number of aromatic amines is 1. The molecule has 0 saturated heterocycles. The topological polar surface area (TPSA) is 57.8 Å². The molecular weight excluding hydrogens is 250 g/mol. The Balaban J connectivity index is 1.64. The molecule has 1 heterocycles. The van der Waals surface area contributed by atoms with Crippen LogP contribution in [0.3, 0.4) is 0 Å². The number of aryl methyl sites for hydroxylation is 1. The van der Waals surface area contributed by atoms with E-state index in [2.05, 4.69) is 22.4 Å². The predicted molar refractivity (Wildman–Crippen MR) is 81.6 cm³/mol. The van der Waals surface area contributed by atoms with Crippen molar-refractivity contribution in [3.8, 4) is 0 Å². The van der Waals surface area contributed by atoms with Gasteiger partial charge >= 0.3 is 0 Å². The SMILES string of the molecule is CCCc1cc(NC(=O)CCCC2CCCCC2)n[nH]1. The van der Waals surface area contributed by atoms with Crippen molar-refractivity contribution in [2.24, 2.45) is 5.92 Å². The number of nitrogens with zero attached hydrogens (tertiary/aromatic N) is 1. The number of carbonyl (C=O) groups excluding carboxylic acids is 1. The first-order valence-electron chi connectivity index (χ1n) is 8.12. The van der Waals surface area contributed by atoms with Gasteiger partial charge in [0.2, 0.25) is 5.91 Å². The summed E-state index contributed by atoms with van der Waals surface area (Å²) in [6.45, 7) is 2.13. The Morgan fingerprint density at radius 1 is 1.40 bits per heavy atom. The third kappa shape index (κ3) is 4.99. The van der Waals surface area contributed by atoms with Gasteiger partial charge in [-0.25, -0.2) is 0 Å². The minimum absolute atomic E-state index is 0.0929. The smallest absolute Gasteiger partial charge is 0.225 e. The number of amides is 1. The summed E-state index contributed by atoms with van der Waals surface area (Å²) in [5.41, 5.74) is 1.09. The van der Waals surface area contributed by atoms with Crippen LogP contribution in [0.4, 0.5) is 5.82 Å². The molecule has 1 amide bonds. The molecule has 1 aliphatic rings. The zero-order valence-electron chi connectivity index (χ0n) is 12.6. The highest BCUT2D eigenvalue weighted by Gasteiger charge is 2.13. The maximum Gasteiger partial charge on any atom is 0.225 e. The van der Waals surface area contributed by atoms with Crippen LogP contribution < -0.4 is 5.32 Å². The van der Waals surface area contributed by atoms with Gasteiger partial charge in [0.1, 0.15) is 0 Å². The summed E-state index contributed by atoms with van der Waals surface area (Å²) in [7, 11) is 0. The molecule has 0 bridgehead atoms. The lowest BCUT2D eigenvalue weighted by atomic mass is 9.86. The first-order valence-corrected chi connectivity index (χ1v) is 8.12. The maximum atomic E-state index is 11.9. The minimum atomic E-state index is 0.0929. The van der Waals surface area contributed by atoms with Crippen LogP contribution in [-0.2, 0) is 11.2 Å². The average Bonchev–Trinajstić information content (AvgIpc) is 2.88. The van der Waals surface area contributed by atoms with Gasteiger partial charge in [0, 0.05) is 18.2 Å². The van der Waals surface area contributed by atoms with Crippen LogP contribution in [0.25, 0.3) is 0 Å². The van der Waals surface area contributed by atoms with Gasteiger partial charge in [0.25, 0.3) is 0 Å². The summed E-state index contributed by atoms with van der Waals surface area (Å²) < 4.78 is 0. The second-order valence-corrected chi connectivity index (χ2v) is 5.97. The summed E-state index contributed by atoms with van der Waals surface area (Å²) >= 11 is 0. The van der Waals surface area contributed by atoms with Crippen LogP contribution >= 0.6 is 0 Å². The third-order valence-electron chi connectivity index (χ3n) is 4.16. The molecule has 0 atom stereocenters. The van der Waals surface area contributed by atoms with Crippen LogP contribution in [0.15, 0.2) is 6.07 Å². The van der Waals surface area contributed by atoms with Gasteiger partial charge in [-0.1, -0.05) is 45.4 Å². The zero-order chi connectivity index (χ0) is 14.2.